The second-order valence-corrected chi connectivity index (χ2v) is 3.76. The minimum absolute atomic E-state index is 0.391. The summed E-state index contributed by atoms with van der Waals surface area (Å²) in [6.45, 7) is 7.24. The highest BCUT2D eigenvalue weighted by Gasteiger charge is 2.18. The molecule has 1 saturated heterocycles. The molecule has 2 heteroatoms. The van der Waals surface area contributed by atoms with Crippen molar-refractivity contribution in [3.63, 3.8) is 0 Å². The van der Waals surface area contributed by atoms with Crippen LogP contribution in [0.15, 0.2) is 0 Å². The van der Waals surface area contributed by atoms with Crippen LogP contribution in [0.2, 0.25) is 0 Å². The summed E-state index contributed by atoms with van der Waals surface area (Å²) in [5.41, 5.74) is 0.391. The lowest BCUT2D eigenvalue weighted by Gasteiger charge is -2.26. The van der Waals surface area contributed by atoms with Gasteiger partial charge in [-0.3, -0.25) is 5.32 Å². The van der Waals surface area contributed by atoms with Gasteiger partial charge in [0.1, 0.15) is 0 Å². The van der Waals surface area contributed by atoms with Crippen molar-refractivity contribution in [1.29, 1.82) is 0 Å². The molecule has 0 aromatic rings. The van der Waals surface area contributed by atoms with Crippen LogP contribution in [0, 0.1) is 5.41 Å². The molecule has 1 heterocycles. The minimum Gasteiger partial charge on any atom is -0.366 e. The lowest BCUT2D eigenvalue weighted by molar-refractivity contribution is 0.0338. The Balaban J connectivity index is 2.30. The Bertz CT molecular complexity index is 91.4. The van der Waals surface area contributed by atoms with Crippen molar-refractivity contribution in [2.45, 2.75) is 26.7 Å². The molecule has 2 nitrogen and oxygen atoms in total. The number of ether oxygens (including phenoxy) is 1. The second kappa shape index (κ2) is 3.35. The normalized spacial score (nSPS) is 27.0. The lowest BCUT2D eigenvalue weighted by Crippen LogP contribution is -2.30. The molecule has 0 saturated carbocycles. The highest BCUT2D eigenvalue weighted by molar-refractivity contribution is 4.69. The van der Waals surface area contributed by atoms with Gasteiger partial charge in [-0.15, -0.1) is 0 Å². The first-order valence-electron chi connectivity index (χ1n) is 3.99. The maximum Gasteiger partial charge on any atom is 0.0965 e. The third-order valence-electron chi connectivity index (χ3n) is 1.90. The summed E-state index contributed by atoms with van der Waals surface area (Å²) in [5, 5.41) is 3.20. The fraction of sp³-hybridized carbons (Fsp3) is 1.00. The molecule has 0 aromatic heterocycles. The van der Waals surface area contributed by atoms with E-state index in [1.54, 1.807) is 0 Å². The van der Waals surface area contributed by atoms with Crippen LogP contribution in [0.1, 0.15) is 26.7 Å². The summed E-state index contributed by atoms with van der Waals surface area (Å²) < 4.78 is 5.38. The molecule has 0 amide bonds. The Morgan fingerprint density at radius 1 is 1.40 bits per heavy atom. The van der Waals surface area contributed by atoms with Crippen LogP contribution < -0.4 is 5.32 Å². The number of nitrogens with one attached hydrogen (secondary N) is 1. The van der Waals surface area contributed by atoms with E-state index in [9.17, 15) is 0 Å². The largest absolute Gasteiger partial charge is 0.366 e. The Labute approximate surface area is 63.0 Å². The van der Waals surface area contributed by atoms with Crippen molar-refractivity contribution in [1.82, 2.24) is 5.32 Å². The van der Waals surface area contributed by atoms with E-state index in [1.807, 2.05) is 0 Å². The maximum atomic E-state index is 5.38. The molecule has 1 rings (SSSR count). The summed E-state index contributed by atoms with van der Waals surface area (Å²) >= 11 is 0. The summed E-state index contributed by atoms with van der Waals surface area (Å²) in [4.78, 5) is 0. The molecule has 1 aliphatic heterocycles. The molecule has 0 aliphatic carbocycles. The Morgan fingerprint density at radius 3 is 3.00 bits per heavy atom. The molecular formula is C8H17NO. The predicted molar refractivity (Wildman–Crippen MR) is 41.8 cm³/mol. The zero-order valence-corrected chi connectivity index (χ0v) is 6.94. The number of hydrogen-bond donors (Lipinski definition) is 1. The number of hydrogen-bond acceptors (Lipinski definition) is 2. The Morgan fingerprint density at radius 2 is 2.20 bits per heavy atom. The molecule has 1 aliphatic rings. The SMILES string of the molecule is CC1(C)CCCNCOC1. The zero-order chi connectivity index (χ0) is 7.45. The van der Waals surface area contributed by atoms with E-state index in [4.69, 9.17) is 4.74 Å². The molecule has 0 spiro atoms. The molecule has 1 fully saturated rings. The zero-order valence-electron chi connectivity index (χ0n) is 6.94. The van der Waals surface area contributed by atoms with Gasteiger partial charge in [0.05, 0.1) is 13.3 Å². The van der Waals surface area contributed by atoms with Crippen molar-refractivity contribution in [3.05, 3.63) is 0 Å². The van der Waals surface area contributed by atoms with Gasteiger partial charge in [0, 0.05) is 0 Å². The van der Waals surface area contributed by atoms with Gasteiger partial charge in [0.2, 0.25) is 0 Å². The first-order chi connectivity index (χ1) is 4.71. The fourth-order valence-corrected chi connectivity index (χ4v) is 1.24. The predicted octanol–water partition coefficient (Wildman–Crippen LogP) is 1.37. The van der Waals surface area contributed by atoms with Crippen LogP contribution in [-0.2, 0) is 4.74 Å². The van der Waals surface area contributed by atoms with E-state index in [0.29, 0.717) is 5.41 Å². The van der Waals surface area contributed by atoms with Crippen LogP contribution in [0.5, 0.6) is 0 Å². The second-order valence-electron chi connectivity index (χ2n) is 3.76. The van der Waals surface area contributed by atoms with Gasteiger partial charge in [0.15, 0.2) is 0 Å². The molecule has 0 unspecified atom stereocenters. The van der Waals surface area contributed by atoms with Gasteiger partial charge < -0.3 is 4.74 Å². The van der Waals surface area contributed by atoms with E-state index in [1.165, 1.54) is 12.8 Å². The maximum absolute atomic E-state index is 5.38. The monoisotopic (exact) mass is 143 g/mol. The van der Waals surface area contributed by atoms with E-state index in [2.05, 4.69) is 19.2 Å². The van der Waals surface area contributed by atoms with E-state index in [0.717, 1.165) is 19.9 Å². The average Bonchev–Trinajstić information content (AvgIpc) is 1.81. The summed E-state index contributed by atoms with van der Waals surface area (Å²) in [5.74, 6) is 0. The van der Waals surface area contributed by atoms with Gasteiger partial charge in [-0.05, 0) is 24.8 Å². The molecule has 0 radical (unpaired) electrons. The van der Waals surface area contributed by atoms with Crippen molar-refractivity contribution in [3.8, 4) is 0 Å². The van der Waals surface area contributed by atoms with Crippen LogP contribution in [-0.4, -0.2) is 19.9 Å². The van der Waals surface area contributed by atoms with Crippen LogP contribution in [0.3, 0.4) is 0 Å². The number of rotatable bonds is 0. The quantitative estimate of drug-likeness (QED) is 0.553. The van der Waals surface area contributed by atoms with Gasteiger partial charge in [-0.1, -0.05) is 13.8 Å². The third-order valence-corrected chi connectivity index (χ3v) is 1.90. The highest BCUT2D eigenvalue weighted by Crippen LogP contribution is 2.22. The average molecular weight is 143 g/mol. The van der Waals surface area contributed by atoms with Crippen molar-refractivity contribution in [2.24, 2.45) is 5.41 Å². The molecule has 10 heavy (non-hydrogen) atoms. The summed E-state index contributed by atoms with van der Waals surface area (Å²) in [7, 11) is 0. The molecule has 0 aromatic carbocycles. The molecule has 1 N–H and O–H groups in total. The van der Waals surface area contributed by atoms with Crippen molar-refractivity contribution >= 4 is 0 Å². The highest BCUT2D eigenvalue weighted by atomic mass is 16.5. The topological polar surface area (TPSA) is 21.3 Å². The molecule has 0 bridgehead atoms. The molecule has 60 valence electrons. The summed E-state index contributed by atoms with van der Waals surface area (Å²) in [6, 6.07) is 0. The van der Waals surface area contributed by atoms with E-state index < -0.39 is 0 Å². The van der Waals surface area contributed by atoms with Gasteiger partial charge in [0.25, 0.3) is 0 Å². The fourth-order valence-electron chi connectivity index (χ4n) is 1.24. The van der Waals surface area contributed by atoms with Gasteiger partial charge >= 0.3 is 0 Å². The standard InChI is InChI=1S/C8H17NO/c1-8(2)4-3-5-9-7-10-6-8/h9H,3-7H2,1-2H3. The first-order valence-corrected chi connectivity index (χ1v) is 3.99. The Kier molecular flexibility index (Phi) is 2.69. The van der Waals surface area contributed by atoms with Gasteiger partial charge in [-0.2, -0.15) is 0 Å². The first kappa shape index (κ1) is 8.02. The van der Waals surface area contributed by atoms with Gasteiger partial charge in [-0.25, -0.2) is 0 Å². The van der Waals surface area contributed by atoms with Crippen LogP contribution in [0.25, 0.3) is 0 Å². The van der Waals surface area contributed by atoms with Crippen LogP contribution in [0.4, 0.5) is 0 Å². The third kappa shape index (κ3) is 2.67. The molecule has 0 atom stereocenters. The minimum atomic E-state index is 0.391. The van der Waals surface area contributed by atoms with E-state index in [-0.39, 0.29) is 0 Å². The van der Waals surface area contributed by atoms with Crippen molar-refractivity contribution in [2.75, 3.05) is 19.9 Å². The summed E-state index contributed by atoms with van der Waals surface area (Å²) in [6.07, 6.45) is 2.54. The van der Waals surface area contributed by atoms with Crippen LogP contribution >= 0.6 is 0 Å². The smallest absolute Gasteiger partial charge is 0.0965 e. The Hall–Kier alpha value is -0.0800. The van der Waals surface area contributed by atoms with E-state index >= 15 is 0 Å². The lowest BCUT2D eigenvalue weighted by atomic mass is 9.89. The van der Waals surface area contributed by atoms with Crippen molar-refractivity contribution < 1.29 is 4.74 Å². The molecular weight excluding hydrogens is 126 g/mol.